The van der Waals surface area contributed by atoms with Crippen LogP contribution in [0.2, 0.25) is 5.02 Å². The highest BCUT2D eigenvalue weighted by atomic mass is 35.5. The summed E-state index contributed by atoms with van der Waals surface area (Å²) in [5, 5.41) is 3.76. The van der Waals surface area contributed by atoms with E-state index in [4.69, 9.17) is 11.6 Å². The highest BCUT2D eigenvalue weighted by Crippen LogP contribution is 2.35. The number of fused-ring (bicyclic) bond motifs is 1. The SMILES string of the molecule is C[C@@H]1CCCCN1C(=O)c1nn2c(C(F)(F)F)cc(-c3ccccc3)nc2c1Cl. The summed E-state index contributed by atoms with van der Waals surface area (Å²) in [6.45, 7) is 2.44. The van der Waals surface area contributed by atoms with Gasteiger partial charge in [0.05, 0.1) is 5.69 Å². The predicted molar refractivity (Wildman–Crippen MR) is 103 cm³/mol. The van der Waals surface area contributed by atoms with E-state index in [1.807, 2.05) is 6.92 Å². The van der Waals surface area contributed by atoms with Crippen molar-refractivity contribution in [1.82, 2.24) is 19.5 Å². The van der Waals surface area contributed by atoms with Crippen molar-refractivity contribution in [2.24, 2.45) is 0 Å². The van der Waals surface area contributed by atoms with Crippen molar-refractivity contribution in [3.63, 3.8) is 0 Å². The van der Waals surface area contributed by atoms with Gasteiger partial charge in [-0.3, -0.25) is 4.79 Å². The van der Waals surface area contributed by atoms with E-state index in [1.54, 1.807) is 35.2 Å². The molecule has 0 spiro atoms. The molecule has 5 nitrogen and oxygen atoms in total. The zero-order valence-corrected chi connectivity index (χ0v) is 16.3. The Morgan fingerprint density at radius 1 is 1.21 bits per heavy atom. The molecule has 3 aromatic rings. The van der Waals surface area contributed by atoms with Gasteiger partial charge in [0.25, 0.3) is 5.91 Å². The molecule has 1 saturated heterocycles. The molecule has 29 heavy (non-hydrogen) atoms. The van der Waals surface area contributed by atoms with Gasteiger partial charge in [-0.2, -0.15) is 18.3 Å². The average molecular weight is 423 g/mol. The van der Waals surface area contributed by atoms with Gasteiger partial charge in [-0.25, -0.2) is 9.50 Å². The Hall–Kier alpha value is -2.61. The molecule has 0 N–H and O–H groups in total. The Morgan fingerprint density at radius 2 is 1.93 bits per heavy atom. The molecule has 0 aliphatic carbocycles. The van der Waals surface area contributed by atoms with Crippen LogP contribution in [-0.4, -0.2) is 38.0 Å². The molecule has 0 unspecified atom stereocenters. The molecule has 1 aliphatic heterocycles. The van der Waals surface area contributed by atoms with Crippen LogP contribution < -0.4 is 0 Å². The van der Waals surface area contributed by atoms with Gasteiger partial charge in [-0.05, 0) is 32.3 Å². The number of benzene rings is 1. The lowest BCUT2D eigenvalue weighted by atomic mass is 10.0. The number of piperidine rings is 1. The molecule has 0 saturated carbocycles. The molecule has 1 fully saturated rings. The van der Waals surface area contributed by atoms with E-state index in [2.05, 4.69) is 10.1 Å². The zero-order chi connectivity index (χ0) is 20.8. The average Bonchev–Trinajstić information content (AvgIpc) is 3.03. The molecule has 1 atom stereocenters. The van der Waals surface area contributed by atoms with Gasteiger partial charge in [0, 0.05) is 18.2 Å². The van der Waals surface area contributed by atoms with Gasteiger partial charge in [-0.15, -0.1) is 0 Å². The molecule has 0 radical (unpaired) electrons. The number of nitrogens with zero attached hydrogens (tertiary/aromatic N) is 4. The highest BCUT2D eigenvalue weighted by Gasteiger charge is 2.37. The largest absolute Gasteiger partial charge is 0.433 e. The lowest BCUT2D eigenvalue weighted by Gasteiger charge is -2.32. The number of hydrogen-bond acceptors (Lipinski definition) is 3. The monoisotopic (exact) mass is 422 g/mol. The Balaban J connectivity index is 1.89. The van der Waals surface area contributed by atoms with Crippen LogP contribution in [0.5, 0.6) is 0 Å². The van der Waals surface area contributed by atoms with E-state index in [0.717, 1.165) is 25.3 Å². The Kier molecular flexibility index (Phi) is 4.98. The van der Waals surface area contributed by atoms with Crippen LogP contribution in [0.1, 0.15) is 42.4 Å². The minimum absolute atomic E-state index is 0.0212. The smallest absolute Gasteiger partial charge is 0.335 e. The number of amides is 1. The van der Waals surface area contributed by atoms with E-state index in [0.29, 0.717) is 16.6 Å². The number of halogens is 4. The predicted octanol–water partition coefficient (Wildman–Crippen LogP) is 5.08. The molecule has 152 valence electrons. The third-order valence-electron chi connectivity index (χ3n) is 5.16. The van der Waals surface area contributed by atoms with E-state index in [1.165, 1.54) is 0 Å². The first-order valence-electron chi connectivity index (χ1n) is 9.30. The van der Waals surface area contributed by atoms with Crippen molar-refractivity contribution >= 4 is 23.2 Å². The topological polar surface area (TPSA) is 50.5 Å². The summed E-state index contributed by atoms with van der Waals surface area (Å²) in [6.07, 6.45) is -2.02. The number of alkyl halides is 3. The maximum atomic E-state index is 13.7. The number of likely N-dealkylation sites (tertiary alicyclic amines) is 1. The standard InChI is InChI=1S/C20H18ClF3N4O/c1-12-7-5-6-10-27(12)19(29)17-16(21)18-25-14(13-8-3-2-4-9-13)11-15(20(22,23)24)28(18)26-17/h2-4,8-9,11-12H,5-7,10H2,1H3/t12-/m1/s1. The lowest BCUT2D eigenvalue weighted by molar-refractivity contribution is -0.142. The minimum Gasteiger partial charge on any atom is -0.335 e. The van der Waals surface area contributed by atoms with Crippen LogP contribution in [0, 0.1) is 0 Å². The maximum absolute atomic E-state index is 13.7. The number of hydrogen-bond donors (Lipinski definition) is 0. The fourth-order valence-corrected chi connectivity index (χ4v) is 3.86. The molecule has 1 aromatic carbocycles. The van der Waals surface area contributed by atoms with Crippen molar-refractivity contribution in [3.8, 4) is 11.3 Å². The summed E-state index contributed by atoms with van der Waals surface area (Å²) in [6, 6.07) is 9.39. The van der Waals surface area contributed by atoms with Crippen LogP contribution in [0.25, 0.3) is 16.9 Å². The van der Waals surface area contributed by atoms with Crippen LogP contribution in [0.15, 0.2) is 36.4 Å². The second kappa shape index (κ2) is 7.33. The summed E-state index contributed by atoms with van der Waals surface area (Å²) in [5.41, 5.74) is -0.807. The zero-order valence-electron chi connectivity index (χ0n) is 15.6. The molecule has 9 heteroatoms. The molecule has 2 aromatic heterocycles. The molecule has 4 rings (SSSR count). The van der Waals surface area contributed by atoms with Gasteiger partial charge < -0.3 is 4.90 Å². The van der Waals surface area contributed by atoms with Gasteiger partial charge in [0.15, 0.2) is 17.0 Å². The Morgan fingerprint density at radius 3 is 2.59 bits per heavy atom. The first-order chi connectivity index (χ1) is 13.8. The summed E-state index contributed by atoms with van der Waals surface area (Å²) in [5.74, 6) is -0.470. The van der Waals surface area contributed by atoms with E-state index < -0.39 is 17.8 Å². The van der Waals surface area contributed by atoms with Gasteiger partial charge in [-0.1, -0.05) is 41.9 Å². The molecule has 1 amide bonds. The summed E-state index contributed by atoms with van der Waals surface area (Å²) < 4.78 is 41.9. The van der Waals surface area contributed by atoms with E-state index >= 15 is 0 Å². The first kappa shape index (κ1) is 19.7. The second-order valence-corrected chi connectivity index (χ2v) is 7.51. The van der Waals surface area contributed by atoms with Crippen molar-refractivity contribution < 1.29 is 18.0 Å². The number of aromatic nitrogens is 3. The van der Waals surface area contributed by atoms with Crippen LogP contribution in [0.3, 0.4) is 0 Å². The second-order valence-electron chi connectivity index (χ2n) is 7.13. The summed E-state index contributed by atoms with van der Waals surface area (Å²) >= 11 is 6.34. The fraction of sp³-hybridized carbons (Fsp3) is 0.350. The van der Waals surface area contributed by atoms with Crippen molar-refractivity contribution in [1.29, 1.82) is 0 Å². The number of carbonyl (C=O) groups excluding carboxylic acids is 1. The third-order valence-corrected chi connectivity index (χ3v) is 5.51. The van der Waals surface area contributed by atoms with Crippen molar-refractivity contribution in [2.45, 2.75) is 38.4 Å². The molecular formula is C20H18ClF3N4O. The van der Waals surface area contributed by atoms with Crippen LogP contribution in [0.4, 0.5) is 13.2 Å². The molecule has 0 bridgehead atoms. The van der Waals surface area contributed by atoms with Crippen molar-refractivity contribution in [3.05, 3.63) is 52.8 Å². The maximum Gasteiger partial charge on any atom is 0.433 e. The van der Waals surface area contributed by atoms with Crippen LogP contribution in [-0.2, 0) is 6.18 Å². The molecular weight excluding hydrogens is 405 g/mol. The highest BCUT2D eigenvalue weighted by molar-refractivity contribution is 6.36. The third kappa shape index (κ3) is 3.57. The van der Waals surface area contributed by atoms with Gasteiger partial charge >= 0.3 is 6.18 Å². The Labute approximate surface area is 170 Å². The van der Waals surface area contributed by atoms with Crippen LogP contribution >= 0.6 is 11.6 Å². The number of rotatable bonds is 2. The van der Waals surface area contributed by atoms with E-state index in [9.17, 15) is 18.0 Å². The summed E-state index contributed by atoms with van der Waals surface area (Å²) in [7, 11) is 0. The van der Waals surface area contributed by atoms with Crippen molar-refractivity contribution in [2.75, 3.05) is 6.54 Å². The first-order valence-corrected chi connectivity index (χ1v) is 9.68. The quantitative estimate of drug-likeness (QED) is 0.578. The minimum atomic E-state index is -4.70. The lowest BCUT2D eigenvalue weighted by Crippen LogP contribution is -2.42. The fourth-order valence-electron chi connectivity index (χ4n) is 3.62. The van der Waals surface area contributed by atoms with Gasteiger partial charge in [0.1, 0.15) is 5.02 Å². The van der Waals surface area contributed by atoms with Gasteiger partial charge in [0.2, 0.25) is 0 Å². The molecule has 1 aliphatic rings. The van der Waals surface area contributed by atoms with E-state index in [-0.39, 0.29) is 28.1 Å². The normalized spacial score (nSPS) is 17.7. The molecule has 3 heterocycles. The number of carbonyl (C=O) groups is 1. The Bertz CT molecular complexity index is 1070. The summed E-state index contributed by atoms with van der Waals surface area (Å²) in [4.78, 5) is 18.9.